The Labute approximate surface area is 174 Å². The van der Waals surface area contributed by atoms with Gasteiger partial charge in [0.05, 0.1) is 17.6 Å². The van der Waals surface area contributed by atoms with Crippen LogP contribution in [0.1, 0.15) is 28.9 Å². The van der Waals surface area contributed by atoms with Crippen molar-refractivity contribution in [2.24, 2.45) is 0 Å². The van der Waals surface area contributed by atoms with E-state index in [0.29, 0.717) is 4.90 Å². The van der Waals surface area contributed by atoms with E-state index in [9.17, 15) is 33.3 Å². The molecular weight excluding hydrogens is 416 g/mol. The van der Waals surface area contributed by atoms with Crippen LogP contribution in [-0.2, 0) is 9.53 Å². The molecule has 1 aliphatic heterocycles. The Hall–Kier alpha value is -4.15. The molecule has 1 heterocycles. The lowest BCUT2D eigenvalue weighted by Crippen LogP contribution is -2.51. The van der Waals surface area contributed by atoms with Crippen LogP contribution in [0.4, 0.5) is 19.3 Å². The van der Waals surface area contributed by atoms with Crippen LogP contribution in [-0.4, -0.2) is 34.8 Å². The maximum absolute atomic E-state index is 13.9. The summed E-state index contributed by atoms with van der Waals surface area (Å²) in [4.78, 5) is 49.1. The molecule has 1 atom stereocenters. The Morgan fingerprint density at radius 1 is 1.13 bits per heavy atom. The van der Waals surface area contributed by atoms with Gasteiger partial charge in [-0.05, 0) is 36.8 Å². The van der Waals surface area contributed by atoms with Gasteiger partial charge >= 0.3 is 12.0 Å². The number of nitrogens with one attached hydrogen (secondary N) is 1. The van der Waals surface area contributed by atoms with Crippen molar-refractivity contribution in [1.29, 1.82) is 0 Å². The van der Waals surface area contributed by atoms with Crippen molar-refractivity contribution in [3.8, 4) is 0 Å². The number of benzene rings is 2. The number of rotatable bonds is 4. The van der Waals surface area contributed by atoms with Crippen LogP contribution in [0.5, 0.6) is 0 Å². The Morgan fingerprint density at radius 3 is 2.32 bits per heavy atom. The second-order valence-corrected chi connectivity index (χ2v) is 6.52. The molecule has 31 heavy (non-hydrogen) atoms. The molecule has 1 aliphatic rings. The first-order chi connectivity index (χ1) is 14.6. The van der Waals surface area contributed by atoms with Gasteiger partial charge in [0.15, 0.2) is 11.6 Å². The highest BCUT2D eigenvalue weighted by atomic mass is 19.2. The smallest absolute Gasteiger partial charge is 0.337 e. The van der Waals surface area contributed by atoms with Crippen molar-refractivity contribution in [2.75, 3.05) is 7.11 Å². The van der Waals surface area contributed by atoms with Gasteiger partial charge in [-0.15, -0.1) is 0 Å². The lowest BCUT2D eigenvalue weighted by Gasteiger charge is -2.36. The van der Waals surface area contributed by atoms with E-state index in [4.69, 9.17) is 4.74 Å². The van der Waals surface area contributed by atoms with Crippen LogP contribution in [0, 0.1) is 21.7 Å². The van der Waals surface area contributed by atoms with Gasteiger partial charge in [-0.2, -0.15) is 0 Å². The summed E-state index contributed by atoms with van der Waals surface area (Å²) < 4.78 is 32.2. The SMILES string of the molecule is COC(=O)C1=C(C)NC(=O)N(C(=O)c2ccc([N+](=O)[O-])cc2)C1c1ccc(F)c(F)c1. The number of ether oxygens (including phenoxy) is 1. The highest BCUT2D eigenvalue weighted by Gasteiger charge is 2.42. The van der Waals surface area contributed by atoms with Crippen molar-refractivity contribution in [3.05, 3.63) is 86.6 Å². The minimum Gasteiger partial charge on any atom is -0.466 e. The zero-order valence-electron chi connectivity index (χ0n) is 16.2. The molecule has 0 aliphatic carbocycles. The number of allylic oxidation sites excluding steroid dienone is 1. The number of non-ortho nitro benzene ring substituents is 1. The lowest BCUT2D eigenvalue weighted by molar-refractivity contribution is -0.384. The van der Waals surface area contributed by atoms with E-state index in [0.717, 1.165) is 49.6 Å². The number of halogens is 2. The Balaban J connectivity index is 2.16. The van der Waals surface area contributed by atoms with Crippen molar-refractivity contribution in [2.45, 2.75) is 13.0 Å². The minimum atomic E-state index is -1.43. The number of hydrogen-bond donors (Lipinski definition) is 1. The van der Waals surface area contributed by atoms with Gasteiger partial charge in [-0.1, -0.05) is 6.07 Å². The fourth-order valence-electron chi connectivity index (χ4n) is 3.19. The van der Waals surface area contributed by atoms with Gasteiger partial charge < -0.3 is 10.1 Å². The van der Waals surface area contributed by atoms with Crippen LogP contribution in [0.25, 0.3) is 0 Å². The number of nitro groups is 1. The molecule has 11 heteroatoms. The van der Waals surface area contributed by atoms with Gasteiger partial charge in [0.1, 0.15) is 6.04 Å². The number of carbonyl (C=O) groups is 3. The lowest BCUT2D eigenvalue weighted by atomic mass is 9.93. The first-order valence-electron chi connectivity index (χ1n) is 8.78. The third-order valence-electron chi connectivity index (χ3n) is 4.66. The summed E-state index contributed by atoms with van der Waals surface area (Å²) in [6.45, 7) is 1.39. The molecule has 2 aromatic carbocycles. The highest BCUT2D eigenvalue weighted by molar-refractivity contribution is 6.08. The number of nitro benzene ring substituents is 1. The number of amides is 3. The summed E-state index contributed by atoms with van der Waals surface area (Å²) in [6, 6.07) is 4.77. The van der Waals surface area contributed by atoms with Crippen molar-refractivity contribution in [1.82, 2.24) is 10.2 Å². The van der Waals surface area contributed by atoms with Crippen molar-refractivity contribution < 1.29 is 32.8 Å². The minimum absolute atomic E-state index is 0.0521. The average molecular weight is 431 g/mol. The number of nitrogens with zero attached hydrogens (tertiary/aromatic N) is 2. The number of hydrogen-bond acceptors (Lipinski definition) is 6. The van der Waals surface area contributed by atoms with Gasteiger partial charge in [-0.25, -0.2) is 23.3 Å². The summed E-state index contributed by atoms with van der Waals surface area (Å²) in [6.07, 6.45) is 0. The molecular formula is C20H15F2N3O6. The predicted octanol–water partition coefficient (Wildman–Crippen LogP) is 3.23. The monoisotopic (exact) mass is 431 g/mol. The van der Waals surface area contributed by atoms with E-state index in [1.54, 1.807) is 0 Å². The summed E-state index contributed by atoms with van der Waals surface area (Å²) in [5.74, 6) is -4.21. The third-order valence-corrected chi connectivity index (χ3v) is 4.66. The summed E-state index contributed by atoms with van der Waals surface area (Å²) in [5, 5.41) is 13.2. The number of urea groups is 1. The zero-order valence-corrected chi connectivity index (χ0v) is 16.2. The molecule has 2 aromatic rings. The molecule has 0 bridgehead atoms. The van der Waals surface area contributed by atoms with Gasteiger partial charge in [0.25, 0.3) is 11.6 Å². The van der Waals surface area contributed by atoms with E-state index in [1.165, 1.54) is 6.92 Å². The first-order valence-corrected chi connectivity index (χ1v) is 8.78. The van der Waals surface area contributed by atoms with Gasteiger partial charge in [-0.3, -0.25) is 14.9 Å². The third kappa shape index (κ3) is 3.97. The van der Waals surface area contributed by atoms with Crippen LogP contribution >= 0.6 is 0 Å². The molecule has 3 amide bonds. The molecule has 160 valence electrons. The largest absolute Gasteiger partial charge is 0.466 e. The molecule has 1 unspecified atom stereocenters. The Morgan fingerprint density at radius 2 is 1.77 bits per heavy atom. The molecule has 0 radical (unpaired) electrons. The van der Waals surface area contributed by atoms with E-state index in [-0.39, 0.29) is 28.1 Å². The van der Waals surface area contributed by atoms with Crippen LogP contribution in [0.15, 0.2) is 53.7 Å². The molecule has 0 spiro atoms. The van der Waals surface area contributed by atoms with Crippen molar-refractivity contribution >= 4 is 23.6 Å². The number of carbonyl (C=O) groups excluding carboxylic acids is 3. The van der Waals surface area contributed by atoms with Crippen LogP contribution < -0.4 is 5.32 Å². The zero-order chi connectivity index (χ0) is 22.9. The molecule has 1 N–H and O–H groups in total. The summed E-state index contributed by atoms with van der Waals surface area (Å²) >= 11 is 0. The van der Waals surface area contributed by atoms with Crippen molar-refractivity contribution in [3.63, 3.8) is 0 Å². The molecule has 9 nitrogen and oxygen atoms in total. The van der Waals surface area contributed by atoms with E-state index in [2.05, 4.69) is 5.32 Å². The normalized spacial score (nSPS) is 16.1. The summed E-state index contributed by atoms with van der Waals surface area (Å²) in [5.41, 5.74) is -0.522. The Kier molecular flexibility index (Phi) is 5.77. The second-order valence-electron chi connectivity index (χ2n) is 6.52. The molecule has 0 aromatic heterocycles. The van der Waals surface area contributed by atoms with E-state index < -0.39 is 40.5 Å². The standard InChI is InChI=1S/C20H15F2N3O6/c1-10-16(19(27)31-2)17(12-5-8-14(21)15(22)9-12)24(20(28)23-10)18(26)11-3-6-13(7-4-11)25(29)30/h3-9,17H,1-2H3,(H,23,28). The summed E-state index contributed by atoms with van der Waals surface area (Å²) in [7, 11) is 1.09. The van der Waals surface area contributed by atoms with Gasteiger partial charge in [0.2, 0.25) is 0 Å². The molecule has 0 fully saturated rings. The number of methoxy groups -OCH3 is 1. The fourth-order valence-corrected chi connectivity index (χ4v) is 3.19. The molecule has 3 rings (SSSR count). The molecule has 0 saturated heterocycles. The molecule has 0 saturated carbocycles. The maximum atomic E-state index is 13.9. The predicted molar refractivity (Wildman–Crippen MR) is 102 cm³/mol. The van der Waals surface area contributed by atoms with Crippen LogP contribution in [0.2, 0.25) is 0 Å². The Bertz CT molecular complexity index is 1130. The van der Waals surface area contributed by atoms with E-state index >= 15 is 0 Å². The quantitative estimate of drug-likeness (QED) is 0.451. The topological polar surface area (TPSA) is 119 Å². The number of imide groups is 1. The van der Waals surface area contributed by atoms with Crippen LogP contribution in [0.3, 0.4) is 0 Å². The fraction of sp³-hybridized carbons (Fsp3) is 0.150. The highest BCUT2D eigenvalue weighted by Crippen LogP contribution is 2.36. The second kappa shape index (κ2) is 8.30. The first kappa shape index (κ1) is 21.6. The number of esters is 1. The average Bonchev–Trinajstić information content (AvgIpc) is 2.74. The maximum Gasteiger partial charge on any atom is 0.337 e. The van der Waals surface area contributed by atoms with E-state index in [1.807, 2.05) is 0 Å². The van der Waals surface area contributed by atoms with Gasteiger partial charge in [0, 0.05) is 23.4 Å².